The molecule has 0 N–H and O–H groups in total. The molecule has 1 aromatic heterocycles. The molecule has 1 saturated heterocycles. The first-order chi connectivity index (χ1) is 13.8. The molecule has 0 saturated carbocycles. The molecule has 1 aromatic carbocycles. The quantitative estimate of drug-likeness (QED) is 0.702. The fraction of sp³-hybridized carbons (Fsp3) is 0.550. The summed E-state index contributed by atoms with van der Waals surface area (Å²) in [5.41, 5.74) is 1.27. The van der Waals surface area contributed by atoms with Gasteiger partial charge < -0.3 is 14.2 Å². The van der Waals surface area contributed by atoms with Crippen LogP contribution >= 0.6 is 0 Å². The lowest BCUT2D eigenvalue weighted by Crippen LogP contribution is -2.45. The van der Waals surface area contributed by atoms with Gasteiger partial charge in [0.2, 0.25) is 5.82 Å². The minimum atomic E-state index is -4.68. The molecular weight excluding hydrogens is 387 g/mol. The van der Waals surface area contributed by atoms with Crippen LogP contribution in [0.2, 0.25) is 0 Å². The number of nitrogens with zero attached hydrogens (tertiary/aromatic N) is 3. The summed E-state index contributed by atoms with van der Waals surface area (Å²) in [7, 11) is 0. The summed E-state index contributed by atoms with van der Waals surface area (Å²) in [6, 6.07) is 6.79. The van der Waals surface area contributed by atoms with Gasteiger partial charge in [0.25, 0.3) is 5.91 Å². The predicted octanol–water partition coefficient (Wildman–Crippen LogP) is 4.45. The molecule has 0 bridgehead atoms. The van der Waals surface area contributed by atoms with Crippen LogP contribution in [0.1, 0.15) is 51.0 Å². The Balaban J connectivity index is 1.73. The standard InChI is InChI=1S/C20H24F3N3O3/c1-3-13(2)26(18(27)16-6-4-5-11-28-16)12-14-7-9-15(10-8-14)17-24-19(29-25-17)20(21,22)23/h7-10,13,16H,3-6,11-12H2,1-2H3. The van der Waals surface area contributed by atoms with Gasteiger partial charge in [-0.05, 0) is 38.2 Å². The largest absolute Gasteiger partial charge is 0.471 e. The highest BCUT2D eigenvalue weighted by Crippen LogP contribution is 2.29. The summed E-state index contributed by atoms with van der Waals surface area (Å²) >= 11 is 0. The van der Waals surface area contributed by atoms with Gasteiger partial charge in [-0.1, -0.05) is 36.3 Å². The van der Waals surface area contributed by atoms with Gasteiger partial charge in [0.05, 0.1) is 0 Å². The number of alkyl halides is 3. The highest BCUT2D eigenvalue weighted by Gasteiger charge is 2.38. The van der Waals surface area contributed by atoms with Gasteiger partial charge >= 0.3 is 12.1 Å². The van der Waals surface area contributed by atoms with Crippen molar-refractivity contribution in [2.24, 2.45) is 0 Å². The van der Waals surface area contributed by atoms with E-state index < -0.39 is 18.2 Å². The van der Waals surface area contributed by atoms with Crippen LogP contribution in [0.3, 0.4) is 0 Å². The summed E-state index contributed by atoms with van der Waals surface area (Å²) in [5.74, 6) is -1.52. The lowest BCUT2D eigenvalue weighted by atomic mass is 10.0. The Morgan fingerprint density at radius 2 is 2.00 bits per heavy atom. The second-order valence-electron chi connectivity index (χ2n) is 7.20. The molecule has 6 nitrogen and oxygen atoms in total. The lowest BCUT2D eigenvalue weighted by molar-refractivity contribution is -0.159. The van der Waals surface area contributed by atoms with E-state index >= 15 is 0 Å². The third-order valence-corrected chi connectivity index (χ3v) is 5.09. The summed E-state index contributed by atoms with van der Waals surface area (Å²) in [6.07, 6.45) is -1.60. The molecule has 2 heterocycles. The maximum absolute atomic E-state index is 13.0. The van der Waals surface area contributed by atoms with Crippen LogP contribution in [0.5, 0.6) is 0 Å². The maximum Gasteiger partial charge on any atom is 0.471 e. The van der Waals surface area contributed by atoms with E-state index in [9.17, 15) is 18.0 Å². The van der Waals surface area contributed by atoms with E-state index in [2.05, 4.69) is 14.7 Å². The molecule has 2 aromatic rings. The van der Waals surface area contributed by atoms with Gasteiger partial charge in [0.15, 0.2) is 0 Å². The Kier molecular flexibility index (Phi) is 6.56. The van der Waals surface area contributed by atoms with E-state index in [0.717, 1.165) is 31.2 Å². The third-order valence-electron chi connectivity index (χ3n) is 5.09. The van der Waals surface area contributed by atoms with Crippen molar-refractivity contribution in [3.8, 4) is 11.4 Å². The lowest BCUT2D eigenvalue weighted by Gasteiger charge is -2.33. The maximum atomic E-state index is 13.0. The number of hydrogen-bond donors (Lipinski definition) is 0. The Morgan fingerprint density at radius 3 is 2.55 bits per heavy atom. The molecule has 2 unspecified atom stereocenters. The van der Waals surface area contributed by atoms with Crippen LogP contribution in [-0.4, -0.2) is 39.7 Å². The first-order valence-electron chi connectivity index (χ1n) is 9.72. The third kappa shape index (κ3) is 5.14. The average Bonchev–Trinajstić information content (AvgIpc) is 3.23. The normalized spacial score (nSPS) is 18.4. The number of hydrogen-bond acceptors (Lipinski definition) is 5. The summed E-state index contributed by atoms with van der Waals surface area (Å²) < 4.78 is 47.8. The van der Waals surface area contributed by atoms with Gasteiger partial charge in [-0.25, -0.2) is 0 Å². The summed E-state index contributed by atoms with van der Waals surface area (Å²) in [5, 5.41) is 3.39. The number of rotatable bonds is 6. The van der Waals surface area contributed by atoms with E-state index in [0.29, 0.717) is 18.7 Å². The zero-order valence-electron chi connectivity index (χ0n) is 16.4. The van der Waals surface area contributed by atoms with Crippen molar-refractivity contribution in [2.45, 2.75) is 64.4 Å². The van der Waals surface area contributed by atoms with Gasteiger partial charge in [-0.15, -0.1) is 0 Å². The van der Waals surface area contributed by atoms with E-state index in [4.69, 9.17) is 4.74 Å². The van der Waals surface area contributed by atoms with E-state index in [1.165, 1.54) is 0 Å². The molecule has 2 atom stereocenters. The van der Waals surface area contributed by atoms with Crippen LogP contribution in [-0.2, 0) is 22.3 Å². The highest BCUT2D eigenvalue weighted by molar-refractivity contribution is 5.81. The van der Waals surface area contributed by atoms with Crippen LogP contribution in [0.4, 0.5) is 13.2 Å². The second kappa shape index (κ2) is 8.94. The summed E-state index contributed by atoms with van der Waals surface area (Å²) in [4.78, 5) is 18.1. The zero-order chi connectivity index (χ0) is 21.0. The van der Waals surface area contributed by atoms with Crippen molar-refractivity contribution >= 4 is 5.91 Å². The minimum absolute atomic E-state index is 0.0175. The van der Waals surface area contributed by atoms with Gasteiger partial charge in [0, 0.05) is 24.8 Å². The Labute approximate surface area is 167 Å². The van der Waals surface area contributed by atoms with Crippen molar-refractivity contribution in [1.29, 1.82) is 0 Å². The number of carbonyl (C=O) groups is 1. The molecule has 3 rings (SSSR count). The molecule has 29 heavy (non-hydrogen) atoms. The van der Waals surface area contributed by atoms with Crippen molar-refractivity contribution in [2.75, 3.05) is 6.61 Å². The Bertz CT molecular complexity index is 814. The first-order valence-corrected chi connectivity index (χ1v) is 9.72. The van der Waals surface area contributed by atoms with Gasteiger partial charge in [0.1, 0.15) is 6.10 Å². The van der Waals surface area contributed by atoms with Crippen molar-refractivity contribution < 1.29 is 27.2 Å². The molecule has 0 radical (unpaired) electrons. The molecule has 1 fully saturated rings. The number of ether oxygens (including phenoxy) is 1. The fourth-order valence-corrected chi connectivity index (χ4v) is 3.20. The van der Waals surface area contributed by atoms with Crippen molar-refractivity contribution in [3.05, 3.63) is 35.7 Å². The summed E-state index contributed by atoms with van der Waals surface area (Å²) in [6.45, 7) is 5.01. The monoisotopic (exact) mass is 411 g/mol. The number of aromatic nitrogens is 2. The highest BCUT2D eigenvalue weighted by atomic mass is 19.4. The van der Waals surface area contributed by atoms with Crippen LogP contribution < -0.4 is 0 Å². The van der Waals surface area contributed by atoms with Crippen LogP contribution in [0.25, 0.3) is 11.4 Å². The second-order valence-corrected chi connectivity index (χ2v) is 7.20. The topological polar surface area (TPSA) is 68.5 Å². The van der Waals surface area contributed by atoms with Gasteiger partial charge in [-0.2, -0.15) is 18.2 Å². The molecule has 158 valence electrons. The van der Waals surface area contributed by atoms with Crippen molar-refractivity contribution in [1.82, 2.24) is 15.0 Å². The molecule has 1 aliphatic rings. The Hall–Kier alpha value is -2.42. The zero-order valence-corrected chi connectivity index (χ0v) is 16.4. The van der Waals surface area contributed by atoms with E-state index in [-0.39, 0.29) is 17.8 Å². The number of halogens is 3. The smallest absolute Gasteiger partial charge is 0.368 e. The minimum Gasteiger partial charge on any atom is -0.368 e. The predicted molar refractivity (Wildman–Crippen MR) is 98.6 cm³/mol. The molecule has 9 heteroatoms. The van der Waals surface area contributed by atoms with Crippen LogP contribution in [0.15, 0.2) is 28.8 Å². The first kappa shape index (κ1) is 21.3. The fourth-order valence-electron chi connectivity index (χ4n) is 3.20. The molecule has 0 spiro atoms. The molecule has 0 aliphatic carbocycles. The molecular formula is C20H24F3N3O3. The van der Waals surface area contributed by atoms with Crippen LogP contribution in [0, 0.1) is 0 Å². The molecule has 1 aliphatic heterocycles. The van der Waals surface area contributed by atoms with Crippen molar-refractivity contribution in [3.63, 3.8) is 0 Å². The number of benzene rings is 1. The average molecular weight is 411 g/mol. The van der Waals surface area contributed by atoms with Gasteiger partial charge in [-0.3, -0.25) is 4.79 Å². The Morgan fingerprint density at radius 1 is 1.28 bits per heavy atom. The SMILES string of the molecule is CCC(C)N(Cc1ccc(-c2noc(C(F)(F)F)n2)cc1)C(=O)C1CCCCO1. The number of amides is 1. The van der Waals surface area contributed by atoms with E-state index in [1.54, 1.807) is 29.2 Å². The molecule has 1 amide bonds. The number of carbonyl (C=O) groups excluding carboxylic acids is 1. The van der Waals surface area contributed by atoms with E-state index in [1.807, 2.05) is 13.8 Å².